The number of amides is 1. The van der Waals surface area contributed by atoms with Crippen molar-refractivity contribution < 1.29 is 23.4 Å². The van der Waals surface area contributed by atoms with Crippen LogP contribution in [0, 0.1) is 12.7 Å². The third-order valence-corrected chi connectivity index (χ3v) is 5.83. The van der Waals surface area contributed by atoms with Gasteiger partial charge in [-0.05, 0) is 79.4 Å². The first kappa shape index (κ1) is 22.6. The predicted molar refractivity (Wildman–Crippen MR) is 126 cm³/mol. The number of fused-ring (bicyclic) bond motifs is 1. The van der Waals surface area contributed by atoms with E-state index < -0.39 is 6.04 Å². The van der Waals surface area contributed by atoms with Crippen molar-refractivity contribution >= 4 is 11.6 Å². The van der Waals surface area contributed by atoms with Crippen molar-refractivity contribution in [3.8, 4) is 17.2 Å². The Bertz CT molecular complexity index is 1160. The number of rotatable bonds is 7. The van der Waals surface area contributed by atoms with Gasteiger partial charge in [-0.25, -0.2) is 4.39 Å². The Labute approximate surface area is 193 Å². The average molecular weight is 450 g/mol. The monoisotopic (exact) mass is 449 g/mol. The molecule has 3 aromatic rings. The quantitative estimate of drug-likeness (QED) is 0.470. The van der Waals surface area contributed by atoms with E-state index in [-0.39, 0.29) is 18.1 Å². The van der Waals surface area contributed by atoms with Gasteiger partial charge in [0.05, 0.1) is 32.8 Å². The molecule has 1 heterocycles. The number of halogens is 1. The highest BCUT2D eigenvalue weighted by atomic mass is 19.1. The number of anilines is 1. The number of ether oxygens (including phenoxy) is 3. The number of hydrogen-bond acceptors (Lipinski definition) is 4. The highest BCUT2D eigenvalue weighted by Gasteiger charge is 2.36. The second-order valence-electron chi connectivity index (χ2n) is 7.91. The summed E-state index contributed by atoms with van der Waals surface area (Å²) in [5, 5.41) is 0. The van der Waals surface area contributed by atoms with Crippen LogP contribution in [0.3, 0.4) is 0 Å². The van der Waals surface area contributed by atoms with Gasteiger partial charge in [-0.1, -0.05) is 18.2 Å². The van der Waals surface area contributed by atoms with Crippen LogP contribution >= 0.6 is 0 Å². The molecule has 0 bridgehead atoms. The van der Waals surface area contributed by atoms with E-state index in [0.29, 0.717) is 36.0 Å². The van der Waals surface area contributed by atoms with E-state index in [0.717, 1.165) is 22.4 Å². The highest BCUT2D eigenvalue weighted by Crippen LogP contribution is 2.43. The molecule has 0 fully saturated rings. The summed E-state index contributed by atoms with van der Waals surface area (Å²) in [6, 6.07) is 15.9. The fourth-order valence-electron chi connectivity index (χ4n) is 4.23. The normalized spacial score (nSPS) is 15.2. The number of benzene rings is 3. The third-order valence-electron chi connectivity index (χ3n) is 5.83. The van der Waals surface area contributed by atoms with Gasteiger partial charge in [0.2, 0.25) is 5.91 Å². The molecular formula is C27H28FNO4. The Morgan fingerprint density at radius 3 is 2.24 bits per heavy atom. The molecule has 33 heavy (non-hydrogen) atoms. The first-order chi connectivity index (χ1) is 16.0. The van der Waals surface area contributed by atoms with Gasteiger partial charge >= 0.3 is 0 Å². The van der Waals surface area contributed by atoms with Gasteiger partial charge in [-0.15, -0.1) is 0 Å². The second kappa shape index (κ2) is 9.53. The van der Waals surface area contributed by atoms with E-state index in [1.54, 1.807) is 31.1 Å². The summed E-state index contributed by atoms with van der Waals surface area (Å²) in [4.78, 5) is 15.1. The van der Waals surface area contributed by atoms with Crippen LogP contribution in [0.2, 0.25) is 0 Å². The van der Waals surface area contributed by atoms with Gasteiger partial charge in [0.1, 0.15) is 11.6 Å². The van der Waals surface area contributed by atoms with Crippen LogP contribution in [0.15, 0.2) is 54.6 Å². The smallest absolute Gasteiger partial charge is 0.232 e. The molecule has 1 atom stereocenters. The summed E-state index contributed by atoms with van der Waals surface area (Å²) in [5.41, 5.74) is 3.73. The lowest BCUT2D eigenvalue weighted by Gasteiger charge is -2.38. The fourth-order valence-corrected chi connectivity index (χ4v) is 4.23. The zero-order chi connectivity index (χ0) is 23.5. The first-order valence-corrected chi connectivity index (χ1v) is 11.1. The Hall–Kier alpha value is -3.54. The largest absolute Gasteiger partial charge is 0.497 e. The number of carbonyl (C=O) groups is 1. The molecule has 0 unspecified atom stereocenters. The maximum absolute atomic E-state index is 14.5. The molecule has 4 rings (SSSR count). The van der Waals surface area contributed by atoms with E-state index in [9.17, 15) is 9.18 Å². The third kappa shape index (κ3) is 4.38. The van der Waals surface area contributed by atoms with Crippen molar-refractivity contribution in [1.82, 2.24) is 0 Å². The van der Waals surface area contributed by atoms with E-state index >= 15 is 0 Å². The first-order valence-electron chi connectivity index (χ1n) is 11.1. The molecule has 1 amide bonds. The lowest BCUT2D eigenvalue weighted by atomic mass is 9.86. The number of methoxy groups -OCH3 is 1. The molecule has 0 spiro atoms. The standard InChI is InChI=1S/C27H28FNO4/c1-5-32-24-13-19-14-26(30)29(20-10-7-17(3)23(28)15-20)27(22(19)16-25(24)33-6-2)18-8-11-21(31-4)12-9-18/h7-13,15-16,27H,5-6,14H2,1-4H3/t27-/m0/s1. The van der Waals surface area contributed by atoms with E-state index in [2.05, 4.69) is 0 Å². The van der Waals surface area contributed by atoms with Crippen LogP contribution in [-0.4, -0.2) is 26.2 Å². The highest BCUT2D eigenvalue weighted by molar-refractivity contribution is 5.98. The van der Waals surface area contributed by atoms with Crippen LogP contribution in [0.1, 0.15) is 42.1 Å². The molecule has 1 aliphatic heterocycles. The molecule has 5 nitrogen and oxygen atoms in total. The van der Waals surface area contributed by atoms with Crippen LogP contribution in [-0.2, 0) is 11.2 Å². The summed E-state index contributed by atoms with van der Waals surface area (Å²) >= 11 is 0. The van der Waals surface area contributed by atoms with Crippen molar-refractivity contribution in [1.29, 1.82) is 0 Å². The van der Waals surface area contributed by atoms with Crippen LogP contribution in [0.25, 0.3) is 0 Å². The molecule has 0 radical (unpaired) electrons. The predicted octanol–water partition coefficient (Wildman–Crippen LogP) is 5.62. The molecule has 0 aliphatic carbocycles. The summed E-state index contributed by atoms with van der Waals surface area (Å²) in [6.07, 6.45) is 0.184. The molecule has 0 saturated heterocycles. The van der Waals surface area contributed by atoms with Gasteiger partial charge in [0.15, 0.2) is 11.5 Å². The molecule has 3 aromatic carbocycles. The van der Waals surface area contributed by atoms with E-state index in [1.807, 2.05) is 50.2 Å². The van der Waals surface area contributed by atoms with Crippen molar-refractivity contribution in [2.75, 3.05) is 25.2 Å². The van der Waals surface area contributed by atoms with Crippen molar-refractivity contribution in [3.05, 3.63) is 82.7 Å². The maximum atomic E-state index is 14.5. The molecule has 0 aromatic heterocycles. The Kier molecular flexibility index (Phi) is 6.54. The lowest BCUT2D eigenvalue weighted by molar-refractivity contribution is -0.118. The molecule has 172 valence electrons. The number of aryl methyl sites for hydroxylation is 1. The minimum absolute atomic E-state index is 0.113. The van der Waals surface area contributed by atoms with Crippen LogP contribution in [0.5, 0.6) is 17.2 Å². The molecular weight excluding hydrogens is 421 g/mol. The van der Waals surface area contributed by atoms with Crippen molar-refractivity contribution in [2.45, 2.75) is 33.2 Å². The van der Waals surface area contributed by atoms with Crippen molar-refractivity contribution in [2.24, 2.45) is 0 Å². The van der Waals surface area contributed by atoms with Gasteiger partial charge in [0.25, 0.3) is 0 Å². The van der Waals surface area contributed by atoms with Gasteiger partial charge in [-0.3, -0.25) is 4.79 Å². The van der Waals surface area contributed by atoms with Crippen molar-refractivity contribution in [3.63, 3.8) is 0 Å². The number of nitrogens with zero attached hydrogens (tertiary/aromatic N) is 1. The minimum atomic E-state index is -0.454. The zero-order valence-corrected chi connectivity index (χ0v) is 19.4. The zero-order valence-electron chi connectivity index (χ0n) is 19.4. The second-order valence-corrected chi connectivity index (χ2v) is 7.91. The maximum Gasteiger partial charge on any atom is 0.232 e. The number of carbonyl (C=O) groups excluding carboxylic acids is 1. The molecule has 6 heteroatoms. The topological polar surface area (TPSA) is 48.0 Å². The summed E-state index contributed by atoms with van der Waals surface area (Å²) in [7, 11) is 1.61. The van der Waals surface area contributed by atoms with Gasteiger partial charge in [-0.2, -0.15) is 0 Å². The van der Waals surface area contributed by atoms with E-state index in [1.165, 1.54) is 6.07 Å². The molecule has 0 N–H and O–H groups in total. The minimum Gasteiger partial charge on any atom is -0.497 e. The fraction of sp³-hybridized carbons (Fsp3) is 0.296. The van der Waals surface area contributed by atoms with Gasteiger partial charge in [0, 0.05) is 5.69 Å². The Morgan fingerprint density at radius 2 is 1.64 bits per heavy atom. The average Bonchev–Trinajstić information content (AvgIpc) is 2.81. The Morgan fingerprint density at radius 1 is 0.970 bits per heavy atom. The lowest BCUT2D eigenvalue weighted by Crippen LogP contribution is -2.41. The van der Waals surface area contributed by atoms with Crippen LogP contribution < -0.4 is 19.1 Å². The Balaban J connectivity index is 1.92. The summed E-state index contributed by atoms with van der Waals surface area (Å²) in [5.74, 6) is 1.51. The molecule has 0 saturated carbocycles. The van der Waals surface area contributed by atoms with Crippen LogP contribution in [0.4, 0.5) is 10.1 Å². The molecule has 1 aliphatic rings. The summed E-state index contributed by atoms with van der Waals surface area (Å²) in [6.45, 7) is 6.51. The number of hydrogen-bond donors (Lipinski definition) is 0. The van der Waals surface area contributed by atoms with Gasteiger partial charge < -0.3 is 19.1 Å². The summed E-state index contributed by atoms with van der Waals surface area (Å²) < 4.78 is 31.5. The van der Waals surface area contributed by atoms with E-state index in [4.69, 9.17) is 14.2 Å². The SMILES string of the molecule is CCOc1cc2c(cc1OCC)[C@H](c1ccc(OC)cc1)N(c1ccc(C)c(F)c1)C(=O)C2.